The van der Waals surface area contributed by atoms with Crippen molar-refractivity contribution in [3.63, 3.8) is 0 Å². The number of nitrogens with one attached hydrogen (secondary N) is 1. The summed E-state index contributed by atoms with van der Waals surface area (Å²) in [6.45, 7) is 0. The Morgan fingerprint density at radius 1 is 1.32 bits per heavy atom. The summed E-state index contributed by atoms with van der Waals surface area (Å²) < 4.78 is 23.9. The number of benzene rings is 2. The first-order valence-electron chi connectivity index (χ1n) is 7.29. The summed E-state index contributed by atoms with van der Waals surface area (Å²) in [6.07, 6.45) is 0.0810. The van der Waals surface area contributed by atoms with Gasteiger partial charge in [-0.3, -0.25) is 9.51 Å². The zero-order valence-electron chi connectivity index (χ0n) is 12.5. The first kappa shape index (κ1) is 15.4. The van der Waals surface area contributed by atoms with Crippen LogP contribution in [0.4, 0.5) is 4.39 Å². The van der Waals surface area contributed by atoms with Crippen molar-refractivity contribution in [3.8, 4) is 23.2 Å². The van der Waals surface area contributed by atoms with Crippen molar-refractivity contribution in [2.45, 2.75) is 12.5 Å². The molecule has 1 aliphatic heterocycles. The number of aromatic amines is 1. The third kappa shape index (κ3) is 2.77. The van der Waals surface area contributed by atoms with Gasteiger partial charge in [0.25, 0.3) is 0 Å². The molecule has 0 bridgehead atoms. The van der Waals surface area contributed by atoms with Gasteiger partial charge in [0.2, 0.25) is 0 Å². The van der Waals surface area contributed by atoms with Crippen LogP contribution in [0.5, 0.6) is 5.75 Å². The average molecular weight is 358 g/mol. The van der Waals surface area contributed by atoms with Crippen molar-refractivity contribution in [2.75, 3.05) is 0 Å². The quantitative estimate of drug-likeness (QED) is 0.759. The van der Waals surface area contributed by atoms with Crippen LogP contribution in [-0.4, -0.2) is 10.1 Å². The lowest BCUT2D eigenvalue weighted by Crippen LogP contribution is -2.04. The number of hydrogen-bond donors (Lipinski definition) is 1. The van der Waals surface area contributed by atoms with Crippen molar-refractivity contribution in [2.24, 2.45) is 0 Å². The fourth-order valence-electron chi connectivity index (χ4n) is 2.81. The summed E-state index contributed by atoms with van der Waals surface area (Å²) in [7, 11) is 0. The Bertz CT molecular complexity index is 1050. The molecule has 1 aliphatic rings. The van der Waals surface area contributed by atoms with Gasteiger partial charge in [-0.15, -0.1) is 0 Å². The highest BCUT2D eigenvalue weighted by Crippen LogP contribution is 2.39. The molecule has 6 nitrogen and oxygen atoms in total. The van der Waals surface area contributed by atoms with E-state index in [0.717, 1.165) is 5.56 Å². The summed E-state index contributed by atoms with van der Waals surface area (Å²) in [5.74, 6) is -0.597. The minimum absolute atomic E-state index is 0.0367. The van der Waals surface area contributed by atoms with Gasteiger partial charge in [-0.05, 0) is 35.4 Å². The van der Waals surface area contributed by atoms with E-state index in [2.05, 4.69) is 20.7 Å². The Morgan fingerprint density at radius 3 is 2.88 bits per heavy atom. The molecule has 8 heteroatoms. The molecule has 1 N–H and O–H groups in total. The number of H-pyrrole nitrogens is 1. The minimum Gasteiger partial charge on any atom is -0.485 e. The molecule has 2 aromatic carbocycles. The predicted octanol–water partition coefficient (Wildman–Crippen LogP) is 3.37. The van der Waals surface area contributed by atoms with Crippen LogP contribution in [0.15, 0.2) is 39.6 Å². The maximum atomic E-state index is 13.6. The summed E-state index contributed by atoms with van der Waals surface area (Å²) in [5, 5.41) is 12.9. The Morgan fingerprint density at radius 2 is 2.16 bits per heavy atom. The van der Waals surface area contributed by atoms with Crippen molar-refractivity contribution in [3.05, 3.63) is 68.4 Å². The van der Waals surface area contributed by atoms with Gasteiger partial charge in [0.1, 0.15) is 17.7 Å². The smallest absolute Gasteiger partial charge is 0.439 e. The third-order valence-electron chi connectivity index (χ3n) is 3.95. The van der Waals surface area contributed by atoms with E-state index in [9.17, 15) is 14.4 Å². The number of hydrogen-bond acceptors (Lipinski definition) is 5. The molecule has 1 aromatic heterocycles. The molecule has 0 radical (unpaired) electrons. The highest BCUT2D eigenvalue weighted by Gasteiger charge is 2.27. The Hall–Kier alpha value is -3.11. The number of fused-ring (bicyclic) bond motifs is 1. The topological polar surface area (TPSA) is 91.9 Å². The van der Waals surface area contributed by atoms with E-state index in [1.54, 1.807) is 18.2 Å². The molecule has 0 fully saturated rings. The van der Waals surface area contributed by atoms with E-state index in [-0.39, 0.29) is 10.8 Å². The number of halogens is 2. The monoisotopic (exact) mass is 357 g/mol. The molecule has 124 valence electrons. The summed E-state index contributed by atoms with van der Waals surface area (Å²) in [4.78, 5) is 13.6. The van der Waals surface area contributed by atoms with E-state index in [4.69, 9.17) is 16.3 Å². The van der Waals surface area contributed by atoms with Crippen LogP contribution in [-0.2, 0) is 6.42 Å². The molecule has 0 saturated heterocycles. The molecule has 25 heavy (non-hydrogen) atoms. The second-order valence-corrected chi connectivity index (χ2v) is 5.99. The highest BCUT2D eigenvalue weighted by molar-refractivity contribution is 6.30. The van der Waals surface area contributed by atoms with Crippen LogP contribution in [0.3, 0.4) is 0 Å². The van der Waals surface area contributed by atoms with Gasteiger partial charge >= 0.3 is 5.76 Å². The maximum Gasteiger partial charge on any atom is 0.439 e. The lowest BCUT2D eigenvalue weighted by atomic mass is 9.99. The molecule has 1 unspecified atom stereocenters. The van der Waals surface area contributed by atoms with Crippen LogP contribution in [0, 0.1) is 17.1 Å². The SMILES string of the molecule is N#Cc1cc(-c2noc(=O)[nH]2)cc(C2Cc3cc(Cl)c(F)cc3O2)c1. The van der Waals surface area contributed by atoms with Gasteiger partial charge in [-0.2, -0.15) is 5.26 Å². The van der Waals surface area contributed by atoms with E-state index in [1.165, 1.54) is 12.1 Å². The zero-order chi connectivity index (χ0) is 17.6. The molecule has 0 spiro atoms. The Kier molecular flexibility index (Phi) is 3.55. The standard InChI is InChI=1S/C17H9ClFN3O3/c18-12-4-10-5-14(24-15(10)6-13(12)19)9-1-8(7-20)2-11(3-9)16-21-17(23)25-22-16/h1-4,6,14H,5H2,(H,21,22,23). The van der Waals surface area contributed by atoms with Crippen LogP contribution in [0.1, 0.15) is 22.8 Å². The van der Waals surface area contributed by atoms with Gasteiger partial charge in [-0.25, -0.2) is 9.18 Å². The van der Waals surface area contributed by atoms with Gasteiger partial charge in [0.15, 0.2) is 5.82 Å². The van der Waals surface area contributed by atoms with Gasteiger partial charge in [-0.1, -0.05) is 16.8 Å². The molecule has 0 amide bonds. The van der Waals surface area contributed by atoms with E-state index in [1.807, 2.05) is 0 Å². The van der Waals surface area contributed by atoms with Crippen molar-refractivity contribution in [1.29, 1.82) is 5.26 Å². The number of nitriles is 1. The van der Waals surface area contributed by atoms with Gasteiger partial charge in [0, 0.05) is 18.1 Å². The van der Waals surface area contributed by atoms with E-state index >= 15 is 0 Å². The number of nitrogens with zero attached hydrogens (tertiary/aromatic N) is 2. The molecule has 0 aliphatic carbocycles. The number of rotatable bonds is 2. The van der Waals surface area contributed by atoms with Crippen molar-refractivity contribution >= 4 is 11.6 Å². The molecule has 4 rings (SSSR count). The third-order valence-corrected chi connectivity index (χ3v) is 4.24. The number of aromatic nitrogens is 2. The van der Waals surface area contributed by atoms with E-state index < -0.39 is 17.7 Å². The van der Waals surface area contributed by atoms with Crippen LogP contribution >= 0.6 is 11.6 Å². The molecule has 3 aromatic rings. The van der Waals surface area contributed by atoms with Crippen LogP contribution in [0.25, 0.3) is 11.4 Å². The van der Waals surface area contributed by atoms with E-state index in [0.29, 0.717) is 28.9 Å². The first-order chi connectivity index (χ1) is 12.0. The maximum absolute atomic E-state index is 13.6. The highest BCUT2D eigenvalue weighted by atomic mass is 35.5. The molecular formula is C17H9ClFN3O3. The summed E-state index contributed by atoms with van der Waals surface area (Å²) in [6, 6.07) is 9.85. The van der Waals surface area contributed by atoms with Crippen molar-refractivity contribution in [1.82, 2.24) is 10.1 Å². The Balaban J connectivity index is 1.74. The predicted molar refractivity (Wildman–Crippen MR) is 85.8 cm³/mol. The lowest BCUT2D eigenvalue weighted by Gasteiger charge is -2.12. The second kappa shape index (κ2) is 5.76. The number of ether oxygens (including phenoxy) is 1. The van der Waals surface area contributed by atoms with Crippen molar-refractivity contribution < 1.29 is 13.7 Å². The largest absolute Gasteiger partial charge is 0.485 e. The summed E-state index contributed by atoms with van der Waals surface area (Å²) in [5.41, 5.74) is 2.38. The Labute approximate surface area is 145 Å². The molecule has 2 heterocycles. The molecular weight excluding hydrogens is 349 g/mol. The fraction of sp³-hybridized carbons (Fsp3) is 0.118. The summed E-state index contributed by atoms with van der Waals surface area (Å²) >= 11 is 5.82. The van der Waals surface area contributed by atoms with Crippen LogP contribution in [0.2, 0.25) is 5.02 Å². The minimum atomic E-state index is -0.687. The second-order valence-electron chi connectivity index (χ2n) is 5.58. The van der Waals surface area contributed by atoms with Gasteiger partial charge < -0.3 is 4.74 Å². The zero-order valence-corrected chi connectivity index (χ0v) is 13.3. The first-order valence-corrected chi connectivity index (χ1v) is 7.67. The van der Waals surface area contributed by atoms with Crippen LogP contribution < -0.4 is 10.5 Å². The normalized spacial score (nSPS) is 15.5. The lowest BCUT2D eigenvalue weighted by molar-refractivity contribution is 0.238. The molecule has 1 atom stereocenters. The molecule has 0 saturated carbocycles. The van der Waals surface area contributed by atoms with Gasteiger partial charge in [0.05, 0.1) is 16.7 Å². The fourth-order valence-corrected chi connectivity index (χ4v) is 3.00. The average Bonchev–Trinajstić information content (AvgIpc) is 3.21.